The SMILES string of the molecule is Cc1cc(NCCC(C)C)ncc1N. The summed E-state index contributed by atoms with van der Waals surface area (Å²) in [6, 6.07) is 1.98. The van der Waals surface area contributed by atoms with Crippen LogP contribution in [0.4, 0.5) is 11.5 Å². The van der Waals surface area contributed by atoms with Crippen LogP contribution < -0.4 is 11.1 Å². The third kappa shape index (κ3) is 3.24. The fraction of sp³-hybridized carbons (Fsp3) is 0.545. The molecule has 78 valence electrons. The molecule has 0 aromatic carbocycles. The number of aromatic nitrogens is 1. The van der Waals surface area contributed by atoms with Crippen LogP contribution in [0.5, 0.6) is 0 Å². The van der Waals surface area contributed by atoms with Gasteiger partial charge in [0, 0.05) is 6.54 Å². The standard InChI is InChI=1S/C11H19N3/c1-8(2)4-5-13-11-6-9(3)10(12)7-14-11/h6-8H,4-5,12H2,1-3H3,(H,13,14). The van der Waals surface area contributed by atoms with Crippen molar-refractivity contribution in [1.29, 1.82) is 0 Å². The Balaban J connectivity index is 2.47. The molecule has 0 amide bonds. The molecule has 0 aliphatic carbocycles. The summed E-state index contributed by atoms with van der Waals surface area (Å²) in [5, 5.41) is 3.28. The molecule has 1 aromatic rings. The Hall–Kier alpha value is -1.25. The Labute approximate surface area is 85.7 Å². The fourth-order valence-corrected chi connectivity index (χ4v) is 1.15. The monoisotopic (exact) mass is 193 g/mol. The molecule has 0 saturated heterocycles. The minimum atomic E-state index is 0.720. The average molecular weight is 193 g/mol. The van der Waals surface area contributed by atoms with Crippen molar-refractivity contribution in [1.82, 2.24) is 4.98 Å². The number of anilines is 2. The van der Waals surface area contributed by atoms with Crippen molar-refractivity contribution in [2.75, 3.05) is 17.6 Å². The summed E-state index contributed by atoms with van der Waals surface area (Å²) < 4.78 is 0. The minimum Gasteiger partial charge on any atom is -0.397 e. The van der Waals surface area contributed by atoms with Crippen LogP contribution in [0, 0.1) is 12.8 Å². The second-order valence-corrected chi connectivity index (χ2v) is 4.04. The van der Waals surface area contributed by atoms with E-state index in [1.807, 2.05) is 13.0 Å². The topological polar surface area (TPSA) is 50.9 Å². The van der Waals surface area contributed by atoms with Crippen LogP contribution in [-0.4, -0.2) is 11.5 Å². The summed E-state index contributed by atoms with van der Waals surface area (Å²) >= 11 is 0. The maximum absolute atomic E-state index is 5.68. The number of hydrogen-bond acceptors (Lipinski definition) is 3. The first-order valence-electron chi connectivity index (χ1n) is 5.05. The van der Waals surface area contributed by atoms with Crippen LogP contribution in [0.15, 0.2) is 12.3 Å². The van der Waals surface area contributed by atoms with Crippen LogP contribution in [0.25, 0.3) is 0 Å². The fourth-order valence-electron chi connectivity index (χ4n) is 1.15. The molecule has 1 heterocycles. The van der Waals surface area contributed by atoms with Crippen LogP contribution in [0.3, 0.4) is 0 Å². The van der Waals surface area contributed by atoms with Crippen molar-refractivity contribution in [2.45, 2.75) is 27.2 Å². The van der Waals surface area contributed by atoms with Crippen LogP contribution in [-0.2, 0) is 0 Å². The van der Waals surface area contributed by atoms with Crippen molar-refractivity contribution in [3.63, 3.8) is 0 Å². The predicted octanol–water partition coefficient (Wildman–Crippen LogP) is 2.43. The summed E-state index contributed by atoms with van der Waals surface area (Å²) in [6.07, 6.45) is 2.86. The summed E-state index contributed by atoms with van der Waals surface area (Å²) in [5.41, 5.74) is 7.50. The molecule has 0 radical (unpaired) electrons. The first-order chi connectivity index (χ1) is 6.59. The van der Waals surface area contributed by atoms with Gasteiger partial charge >= 0.3 is 0 Å². The predicted molar refractivity (Wildman–Crippen MR) is 61.3 cm³/mol. The lowest BCUT2D eigenvalue weighted by Crippen LogP contribution is -2.06. The minimum absolute atomic E-state index is 0.720. The molecule has 0 bridgehead atoms. The van der Waals surface area contributed by atoms with Crippen molar-refractivity contribution >= 4 is 11.5 Å². The van der Waals surface area contributed by atoms with E-state index >= 15 is 0 Å². The highest BCUT2D eigenvalue weighted by Gasteiger charge is 1.98. The lowest BCUT2D eigenvalue weighted by Gasteiger charge is -2.08. The highest BCUT2D eigenvalue weighted by atomic mass is 15.0. The number of nitrogens with two attached hydrogens (primary N) is 1. The number of nitrogen functional groups attached to an aromatic ring is 1. The summed E-state index contributed by atoms with van der Waals surface area (Å²) in [7, 11) is 0. The second-order valence-electron chi connectivity index (χ2n) is 4.04. The number of hydrogen-bond donors (Lipinski definition) is 2. The van der Waals surface area contributed by atoms with Gasteiger partial charge in [-0.1, -0.05) is 13.8 Å². The molecular weight excluding hydrogens is 174 g/mol. The molecule has 0 saturated carbocycles. The molecule has 1 rings (SSSR count). The molecule has 0 aliphatic heterocycles. The third-order valence-corrected chi connectivity index (χ3v) is 2.18. The van der Waals surface area contributed by atoms with Crippen molar-refractivity contribution in [2.24, 2.45) is 5.92 Å². The van der Waals surface area contributed by atoms with Gasteiger partial charge in [-0.25, -0.2) is 4.98 Å². The Morgan fingerprint density at radius 3 is 2.79 bits per heavy atom. The van der Waals surface area contributed by atoms with Gasteiger partial charge in [-0.15, -0.1) is 0 Å². The Bertz CT molecular complexity index is 295. The van der Waals surface area contributed by atoms with Gasteiger partial charge in [-0.05, 0) is 30.9 Å². The highest BCUT2D eigenvalue weighted by Crippen LogP contribution is 2.13. The Morgan fingerprint density at radius 1 is 1.50 bits per heavy atom. The van der Waals surface area contributed by atoms with E-state index < -0.39 is 0 Å². The lowest BCUT2D eigenvalue weighted by atomic mass is 10.1. The Morgan fingerprint density at radius 2 is 2.21 bits per heavy atom. The van der Waals surface area contributed by atoms with Gasteiger partial charge in [0.25, 0.3) is 0 Å². The molecule has 0 aliphatic rings. The zero-order valence-corrected chi connectivity index (χ0v) is 9.17. The summed E-state index contributed by atoms with van der Waals surface area (Å²) in [5.74, 6) is 1.63. The first-order valence-corrected chi connectivity index (χ1v) is 5.05. The van der Waals surface area contributed by atoms with E-state index in [-0.39, 0.29) is 0 Å². The van der Waals surface area contributed by atoms with E-state index in [2.05, 4.69) is 24.1 Å². The van der Waals surface area contributed by atoms with Gasteiger partial charge in [-0.2, -0.15) is 0 Å². The van der Waals surface area contributed by atoms with E-state index in [0.29, 0.717) is 0 Å². The van der Waals surface area contributed by atoms with E-state index in [9.17, 15) is 0 Å². The molecule has 0 unspecified atom stereocenters. The maximum atomic E-state index is 5.68. The normalized spacial score (nSPS) is 10.6. The molecule has 3 N–H and O–H groups in total. The lowest BCUT2D eigenvalue weighted by molar-refractivity contribution is 0.606. The van der Waals surface area contributed by atoms with Crippen molar-refractivity contribution < 1.29 is 0 Å². The molecule has 0 fully saturated rings. The second kappa shape index (κ2) is 4.84. The van der Waals surface area contributed by atoms with Gasteiger partial charge in [-0.3, -0.25) is 0 Å². The number of pyridine rings is 1. The molecular formula is C11H19N3. The molecule has 3 heteroatoms. The third-order valence-electron chi connectivity index (χ3n) is 2.18. The Kier molecular flexibility index (Phi) is 3.74. The highest BCUT2D eigenvalue weighted by molar-refractivity contribution is 5.50. The van der Waals surface area contributed by atoms with E-state index in [0.717, 1.165) is 36.0 Å². The van der Waals surface area contributed by atoms with Crippen LogP contribution >= 0.6 is 0 Å². The smallest absolute Gasteiger partial charge is 0.126 e. The number of nitrogens with zero attached hydrogens (tertiary/aromatic N) is 1. The van der Waals surface area contributed by atoms with Gasteiger partial charge in [0.05, 0.1) is 11.9 Å². The van der Waals surface area contributed by atoms with Crippen LogP contribution in [0.1, 0.15) is 25.8 Å². The summed E-state index contributed by atoms with van der Waals surface area (Å²) in [6.45, 7) is 7.38. The van der Waals surface area contributed by atoms with Gasteiger partial charge in [0.1, 0.15) is 5.82 Å². The molecule has 0 spiro atoms. The van der Waals surface area contributed by atoms with Crippen LogP contribution in [0.2, 0.25) is 0 Å². The van der Waals surface area contributed by atoms with E-state index in [1.54, 1.807) is 6.20 Å². The van der Waals surface area contributed by atoms with Gasteiger partial charge < -0.3 is 11.1 Å². The quantitative estimate of drug-likeness (QED) is 0.772. The van der Waals surface area contributed by atoms with E-state index in [4.69, 9.17) is 5.73 Å². The zero-order valence-electron chi connectivity index (χ0n) is 9.17. The number of aryl methyl sites for hydroxylation is 1. The van der Waals surface area contributed by atoms with Gasteiger partial charge in [0.15, 0.2) is 0 Å². The average Bonchev–Trinajstić information content (AvgIpc) is 2.10. The largest absolute Gasteiger partial charge is 0.397 e. The molecule has 3 nitrogen and oxygen atoms in total. The molecule has 1 aromatic heterocycles. The van der Waals surface area contributed by atoms with Gasteiger partial charge in [0.2, 0.25) is 0 Å². The first kappa shape index (κ1) is 10.8. The van der Waals surface area contributed by atoms with E-state index in [1.165, 1.54) is 0 Å². The maximum Gasteiger partial charge on any atom is 0.126 e. The number of nitrogens with one attached hydrogen (secondary N) is 1. The molecule has 14 heavy (non-hydrogen) atoms. The number of rotatable bonds is 4. The molecule has 0 atom stereocenters. The zero-order chi connectivity index (χ0) is 10.6. The van der Waals surface area contributed by atoms with Crippen molar-refractivity contribution in [3.05, 3.63) is 17.8 Å². The summed E-state index contributed by atoms with van der Waals surface area (Å²) in [4.78, 5) is 4.20. The van der Waals surface area contributed by atoms with Crippen molar-refractivity contribution in [3.8, 4) is 0 Å².